The van der Waals surface area contributed by atoms with E-state index in [4.69, 9.17) is 4.42 Å². The second-order valence-electron chi connectivity index (χ2n) is 4.41. The highest BCUT2D eigenvalue weighted by atomic mass is 127. The van der Waals surface area contributed by atoms with Gasteiger partial charge in [0, 0.05) is 3.57 Å². The van der Waals surface area contributed by atoms with Crippen molar-refractivity contribution in [3.63, 3.8) is 0 Å². The van der Waals surface area contributed by atoms with Gasteiger partial charge in [0.25, 0.3) is 0 Å². The Balaban J connectivity index is 2.06. The molecule has 0 fully saturated rings. The molecule has 0 bridgehead atoms. The lowest BCUT2D eigenvalue weighted by Crippen LogP contribution is -2.09. The smallest absolute Gasteiger partial charge is 0.349 e. The number of hydrogen-bond acceptors (Lipinski definition) is 5. The number of para-hydroxylation sites is 1. The predicted octanol–water partition coefficient (Wildman–Crippen LogP) is 2.53. The van der Waals surface area contributed by atoms with E-state index in [1.165, 1.54) is 4.68 Å². The van der Waals surface area contributed by atoms with Crippen LogP contribution in [0.15, 0.2) is 51.7 Å². The first kappa shape index (κ1) is 12.5. The molecule has 4 aromatic rings. The van der Waals surface area contributed by atoms with Crippen molar-refractivity contribution >= 4 is 44.5 Å². The minimum atomic E-state index is -0.431. The van der Waals surface area contributed by atoms with Gasteiger partial charge in [-0.1, -0.05) is 23.4 Å². The zero-order valence-corrected chi connectivity index (χ0v) is 12.7. The van der Waals surface area contributed by atoms with Crippen LogP contribution in [0.25, 0.3) is 28.0 Å². The van der Waals surface area contributed by atoms with Crippen molar-refractivity contribution in [1.29, 1.82) is 0 Å². The summed E-state index contributed by atoms with van der Waals surface area (Å²) in [5, 5.41) is 8.52. The Labute approximate surface area is 131 Å². The molecule has 6 nitrogen and oxygen atoms in total. The van der Waals surface area contributed by atoms with Crippen molar-refractivity contribution < 1.29 is 4.42 Å². The first-order valence-electron chi connectivity index (χ1n) is 6.14. The summed E-state index contributed by atoms with van der Waals surface area (Å²) in [5.74, 6) is 0. The number of halogens is 1. The third kappa shape index (κ3) is 1.92. The normalized spacial score (nSPS) is 11.3. The topological polar surface area (TPSA) is 73.8 Å². The molecule has 21 heavy (non-hydrogen) atoms. The van der Waals surface area contributed by atoms with Crippen LogP contribution in [-0.2, 0) is 0 Å². The van der Waals surface area contributed by atoms with Crippen molar-refractivity contribution in [2.45, 2.75) is 0 Å². The largest absolute Gasteiger partial charge is 0.387 e. The fourth-order valence-corrected chi connectivity index (χ4v) is 2.87. The van der Waals surface area contributed by atoms with Crippen molar-refractivity contribution in [2.75, 3.05) is 0 Å². The van der Waals surface area contributed by atoms with Crippen molar-refractivity contribution in [3.05, 3.63) is 56.5 Å². The molecule has 7 heteroatoms. The molecular weight excluding hydrogens is 383 g/mol. The molecule has 2 aromatic heterocycles. The number of benzene rings is 2. The van der Waals surface area contributed by atoms with Gasteiger partial charge in [-0.2, -0.15) is 9.67 Å². The van der Waals surface area contributed by atoms with Gasteiger partial charge in [0.15, 0.2) is 0 Å². The molecule has 0 saturated carbocycles. The van der Waals surface area contributed by atoms with E-state index in [1.54, 1.807) is 6.07 Å². The summed E-state index contributed by atoms with van der Waals surface area (Å²) in [6.45, 7) is 0. The maximum absolute atomic E-state index is 12.2. The number of nitrogens with zero attached hydrogens (tertiary/aromatic N) is 4. The monoisotopic (exact) mass is 390 g/mol. The van der Waals surface area contributed by atoms with Gasteiger partial charge >= 0.3 is 11.6 Å². The van der Waals surface area contributed by atoms with Crippen LogP contribution in [0.2, 0.25) is 0 Å². The fourth-order valence-electron chi connectivity index (χ4n) is 2.17. The maximum atomic E-state index is 12.2. The van der Waals surface area contributed by atoms with Crippen molar-refractivity contribution in [2.24, 2.45) is 0 Å². The molecule has 4 rings (SSSR count). The summed E-state index contributed by atoms with van der Waals surface area (Å²) in [7, 11) is 0. The third-order valence-electron chi connectivity index (χ3n) is 3.13. The second kappa shape index (κ2) is 4.62. The number of rotatable bonds is 1. The zero-order valence-electron chi connectivity index (χ0n) is 10.5. The molecule has 102 valence electrons. The van der Waals surface area contributed by atoms with Crippen molar-refractivity contribution in [3.8, 4) is 6.01 Å². The van der Waals surface area contributed by atoms with Crippen LogP contribution in [0.4, 0.5) is 0 Å². The van der Waals surface area contributed by atoms with Crippen LogP contribution in [0.5, 0.6) is 0 Å². The molecule has 0 N–H and O–H groups in total. The van der Waals surface area contributed by atoms with Crippen LogP contribution in [0.3, 0.4) is 0 Å². The van der Waals surface area contributed by atoms with Gasteiger partial charge in [-0.25, -0.2) is 4.79 Å². The van der Waals surface area contributed by atoms with Gasteiger partial charge in [0.2, 0.25) is 0 Å². The molecule has 0 unspecified atom stereocenters. The van der Waals surface area contributed by atoms with E-state index in [0.29, 0.717) is 16.4 Å². The minimum Gasteiger partial charge on any atom is -0.387 e. The summed E-state index contributed by atoms with van der Waals surface area (Å²) < 4.78 is 7.55. The van der Waals surface area contributed by atoms with Gasteiger partial charge in [0.1, 0.15) is 5.52 Å². The molecule has 0 atom stereocenters. The second-order valence-corrected chi connectivity index (χ2v) is 5.57. The SMILES string of the molecule is O=c1oc(-n2nnc3ccccc32)nc2cccc(I)c12. The van der Waals surface area contributed by atoms with Crippen LogP contribution in [-0.4, -0.2) is 20.0 Å². The molecule has 0 amide bonds. The van der Waals surface area contributed by atoms with E-state index in [9.17, 15) is 4.79 Å². The van der Waals surface area contributed by atoms with E-state index >= 15 is 0 Å². The van der Waals surface area contributed by atoms with Gasteiger partial charge < -0.3 is 4.42 Å². The summed E-state index contributed by atoms with van der Waals surface area (Å²) >= 11 is 2.09. The Morgan fingerprint density at radius 1 is 1.05 bits per heavy atom. The Hall–Kier alpha value is -2.29. The first-order valence-corrected chi connectivity index (χ1v) is 7.22. The van der Waals surface area contributed by atoms with Gasteiger partial charge in [-0.15, -0.1) is 5.10 Å². The van der Waals surface area contributed by atoms with E-state index in [-0.39, 0.29) is 6.01 Å². The molecule has 0 aliphatic heterocycles. The Bertz CT molecular complexity index is 1040. The summed E-state index contributed by atoms with van der Waals surface area (Å²) in [6.07, 6.45) is 0. The van der Waals surface area contributed by atoms with Crippen LogP contribution in [0, 0.1) is 3.57 Å². The summed E-state index contributed by atoms with van der Waals surface area (Å²) in [5.41, 5.74) is 1.59. The molecule has 2 aromatic carbocycles. The number of hydrogen-bond donors (Lipinski definition) is 0. The van der Waals surface area contributed by atoms with E-state index < -0.39 is 5.63 Å². The lowest BCUT2D eigenvalue weighted by atomic mass is 10.2. The molecule has 0 aliphatic carbocycles. The summed E-state index contributed by atoms with van der Waals surface area (Å²) in [6, 6.07) is 13.0. The number of fused-ring (bicyclic) bond motifs is 2. The lowest BCUT2D eigenvalue weighted by Gasteiger charge is -2.02. The lowest BCUT2D eigenvalue weighted by molar-refractivity contribution is 0.462. The molecule has 0 spiro atoms. The quantitative estimate of drug-likeness (QED) is 0.467. The minimum absolute atomic E-state index is 0.114. The molecule has 2 heterocycles. The highest BCUT2D eigenvalue weighted by Crippen LogP contribution is 2.18. The zero-order chi connectivity index (χ0) is 14.4. The first-order chi connectivity index (χ1) is 10.2. The standard InChI is InChI=1S/C14H7IN4O2/c15-8-4-3-6-10-12(8)13(20)21-14(16-10)19-11-7-2-1-5-9(11)17-18-19/h1-7H. The molecule has 0 saturated heterocycles. The van der Waals surface area contributed by atoms with E-state index in [0.717, 1.165) is 9.09 Å². The maximum Gasteiger partial charge on any atom is 0.349 e. The Kier molecular flexibility index (Phi) is 2.74. The average Bonchev–Trinajstić information content (AvgIpc) is 2.91. The predicted molar refractivity (Wildman–Crippen MR) is 85.4 cm³/mol. The highest BCUT2D eigenvalue weighted by molar-refractivity contribution is 14.1. The number of aromatic nitrogens is 4. The fraction of sp³-hybridized carbons (Fsp3) is 0. The van der Waals surface area contributed by atoms with Crippen LogP contribution in [0.1, 0.15) is 0 Å². The van der Waals surface area contributed by atoms with E-state index in [2.05, 4.69) is 37.9 Å². The van der Waals surface area contributed by atoms with Gasteiger partial charge in [-0.3, -0.25) is 0 Å². The highest BCUT2D eigenvalue weighted by Gasteiger charge is 2.13. The Morgan fingerprint density at radius 3 is 2.76 bits per heavy atom. The van der Waals surface area contributed by atoms with Crippen LogP contribution >= 0.6 is 22.6 Å². The van der Waals surface area contributed by atoms with Crippen molar-refractivity contribution in [1.82, 2.24) is 20.0 Å². The Morgan fingerprint density at radius 2 is 1.86 bits per heavy atom. The molecule has 0 radical (unpaired) electrons. The molecule has 0 aliphatic rings. The van der Waals surface area contributed by atoms with Crippen LogP contribution < -0.4 is 5.63 Å². The van der Waals surface area contributed by atoms with Gasteiger partial charge in [-0.05, 0) is 46.9 Å². The molecular formula is C14H7IN4O2. The van der Waals surface area contributed by atoms with Gasteiger partial charge in [0.05, 0.1) is 16.4 Å². The average molecular weight is 390 g/mol. The summed E-state index contributed by atoms with van der Waals surface area (Å²) in [4.78, 5) is 16.6. The third-order valence-corrected chi connectivity index (χ3v) is 4.03. The van der Waals surface area contributed by atoms with E-state index in [1.807, 2.05) is 36.4 Å².